The van der Waals surface area contributed by atoms with Crippen molar-refractivity contribution < 1.29 is 9.53 Å². The van der Waals surface area contributed by atoms with Gasteiger partial charge in [-0.25, -0.2) is 0 Å². The van der Waals surface area contributed by atoms with Crippen LogP contribution < -0.4 is 15.8 Å². The molecule has 0 saturated heterocycles. The molecule has 0 aliphatic heterocycles. The van der Waals surface area contributed by atoms with Gasteiger partial charge < -0.3 is 15.8 Å². The van der Waals surface area contributed by atoms with Gasteiger partial charge in [0, 0.05) is 16.6 Å². The highest BCUT2D eigenvalue weighted by molar-refractivity contribution is 9.10. The van der Waals surface area contributed by atoms with Gasteiger partial charge in [0.15, 0.2) is 6.61 Å². The minimum absolute atomic E-state index is 0.0269. The Labute approximate surface area is 129 Å². The third-order valence-corrected chi connectivity index (χ3v) is 3.62. The molecular weight excluding hydrogens is 320 g/mol. The molecule has 1 rings (SSSR count). The summed E-state index contributed by atoms with van der Waals surface area (Å²) in [5, 5.41) is 2.79. The first-order chi connectivity index (χ1) is 9.42. The van der Waals surface area contributed by atoms with Crippen LogP contribution in [-0.2, 0) is 11.2 Å². The van der Waals surface area contributed by atoms with Crippen molar-refractivity contribution in [3.8, 4) is 5.75 Å². The minimum Gasteiger partial charge on any atom is -0.484 e. The van der Waals surface area contributed by atoms with Gasteiger partial charge in [-0.1, -0.05) is 22.9 Å². The van der Waals surface area contributed by atoms with Crippen LogP contribution >= 0.6 is 15.9 Å². The van der Waals surface area contributed by atoms with E-state index in [2.05, 4.69) is 28.2 Å². The number of rotatable bonds is 7. The van der Waals surface area contributed by atoms with E-state index in [1.807, 2.05) is 32.0 Å². The zero-order valence-electron chi connectivity index (χ0n) is 12.3. The fourth-order valence-corrected chi connectivity index (χ4v) is 2.15. The first kappa shape index (κ1) is 17.0. The van der Waals surface area contributed by atoms with Crippen molar-refractivity contribution in [1.82, 2.24) is 5.32 Å². The fourth-order valence-electron chi connectivity index (χ4n) is 1.74. The number of amides is 1. The summed E-state index contributed by atoms with van der Waals surface area (Å²) in [7, 11) is 0. The molecule has 0 spiro atoms. The van der Waals surface area contributed by atoms with Crippen molar-refractivity contribution in [2.75, 3.05) is 6.61 Å². The van der Waals surface area contributed by atoms with Gasteiger partial charge in [-0.2, -0.15) is 0 Å². The molecule has 3 N–H and O–H groups in total. The second-order valence-electron chi connectivity index (χ2n) is 5.14. The van der Waals surface area contributed by atoms with Crippen LogP contribution in [0.3, 0.4) is 0 Å². The zero-order chi connectivity index (χ0) is 15.1. The number of hydrogen-bond acceptors (Lipinski definition) is 3. The normalized spacial score (nSPS) is 12.3. The van der Waals surface area contributed by atoms with E-state index in [0.717, 1.165) is 22.9 Å². The van der Waals surface area contributed by atoms with E-state index in [0.29, 0.717) is 5.75 Å². The number of hydrogen-bond donors (Lipinski definition) is 2. The Morgan fingerprint density at radius 2 is 2.15 bits per heavy atom. The molecule has 0 bridgehead atoms. The number of carbonyl (C=O) groups excluding carboxylic acids is 1. The van der Waals surface area contributed by atoms with Crippen LogP contribution in [0, 0.1) is 0 Å². The molecule has 0 saturated carbocycles. The van der Waals surface area contributed by atoms with Gasteiger partial charge in [0.2, 0.25) is 0 Å². The Morgan fingerprint density at radius 1 is 1.45 bits per heavy atom. The van der Waals surface area contributed by atoms with Crippen LogP contribution in [0.5, 0.6) is 5.75 Å². The number of nitrogens with two attached hydrogens (primary N) is 1. The Hall–Kier alpha value is -1.07. The third kappa shape index (κ3) is 5.92. The molecule has 0 fully saturated rings. The summed E-state index contributed by atoms with van der Waals surface area (Å²) < 4.78 is 6.52. The Kier molecular flexibility index (Phi) is 7.02. The maximum Gasteiger partial charge on any atom is 0.258 e. The van der Waals surface area contributed by atoms with Gasteiger partial charge >= 0.3 is 0 Å². The lowest BCUT2D eigenvalue weighted by atomic mass is 10.0. The van der Waals surface area contributed by atoms with E-state index in [4.69, 9.17) is 10.5 Å². The molecule has 0 heterocycles. The quantitative estimate of drug-likeness (QED) is 0.800. The molecule has 1 aromatic rings. The predicted octanol–water partition coefficient (Wildman–Crippen LogP) is 2.63. The van der Waals surface area contributed by atoms with Crippen molar-refractivity contribution >= 4 is 21.8 Å². The van der Waals surface area contributed by atoms with E-state index in [9.17, 15) is 4.79 Å². The summed E-state index contributed by atoms with van der Waals surface area (Å²) >= 11 is 3.51. The van der Waals surface area contributed by atoms with E-state index in [1.165, 1.54) is 0 Å². The third-order valence-electron chi connectivity index (χ3n) is 2.84. The average Bonchev–Trinajstić information content (AvgIpc) is 2.38. The summed E-state index contributed by atoms with van der Waals surface area (Å²) in [6.45, 7) is 5.93. The minimum atomic E-state index is -0.116. The molecule has 20 heavy (non-hydrogen) atoms. The van der Waals surface area contributed by atoms with Gasteiger partial charge in [-0.3, -0.25) is 4.79 Å². The lowest BCUT2D eigenvalue weighted by Crippen LogP contribution is -2.34. The number of benzene rings is 1. The van der Waals surface area contributed by atoms with Crippen molar-refractivity contribution in [3.63, 3.8) is 0 Å². The van der Waals surface area contributed by atoms with Crippen molar-refractivity contribution in [1.29, 1.82) is 0 Å². The van der Waals surface area contributed by atoms with Crippen LogP contribution in [0.4, 0.5) is 0 Å². The van der Waals surface area contributed by atoms with Crippen molar-refractivity contribution in [2.45, 2.75) is 45.7 Å². The van der Waals surface area contributed by atoms with Gasteiger partial charge in [0.25, 0.3) is 5.91 Å². The number of ether oxygens (including phenoxy) is 1. The Morgan fingerprint density at radius 3 is 2.75 bits per heavy atom. The molecule has 112 valence electrons. The molecule has 4 nitrogen and oxygen atoms in total. The molecule has 1 aromatic carbocycles. The van der Waals surface area contributed by atoms with Crippen LogP contribution in [0.1, 0.15) is 32.8 Å². The van der Waals surface area contributed by atoms with Gasteiger partial charge in [0.1, 0.15) is 5.75 Å². The summed E-state index contributed by atoms with van der Waals surface area (Å²) in [6, 6.07) is 5.95. The monoisotopic (exact) mass is 342 g/mol. The van der Waals surface area contributed by atoms with Crippen molar-refractivity contribution in [3.05, 3.63) is 28.2 Å². The molecule has 5 heteroatoms. The molecule has 1 unspecified atom stereocenters. The highest BCUT2D eigenvalue weighted by atomic mass is 79.9. The molecule has 0 radical (unpaired) electrons. The Balaban J connectivity index is 2.63. The van der Waals surface area contributed by atoms with E-state index < -0.39 is 0 Å². The van der Waals surface area contributed by atoms with Crippen LogP contribution in [0.15, 0.2) is 22.7 Å². The average molecular weight is 343 g/mol. The second-order valence-corrected chi connectivity index (χ2v) is 5.99. The van der Waals surface area contributed by atoms with Crippen LogP contribution in [-0.4, -0.2) is 24.6 Å². The lowest BCUT2D eigenvalue weighted by molar-refractivity contribution is -0.123. The first-order valence-corrected chi connectivity index (χ1v) is 7.67. The van der Waals surface area contributed by atoms with Gasteiger partial charge in [-0.05, 0) is 50.5 Å². The van der Waals surface area contributed by atoms with Gasteiger partial charge in [0.05, 0.1) is 0 Å². The predicted molar refractivity (Wildman–Crippen MR) is 84.9 cm³/mol. The standard InChI is InChI=1S/C15H23BrN2O2/c1-4-12(17)7-11-8-13(5-6-14(11)16)20-9-15(19)18-10(2)3/h5-6,8,10,12H,4,7,9,17H2,1-3H3,(H,18,19). The smallest absolute Gasteiger partial charge is 0.258 e. The summed E-state index contributed by atoms with van der Waals surface area (Å²) in [5.41, 5.74) is 7.07. The number of carbonyl (C=O) groups is 1. The summed E-state index contributed by atoms with van der Waals surface area (Å²) in [6.07, 6.45) is 1.71. The van der Waals surface area contributed by atoms with Gasteiger partial charge in [-0.15, -0.1) is 0 Å². The van der Waals surface area contributed by atoms with Crippen molar-refractivity contribution in [2.24, 2.45) is 5.73 Å². The van der Waals surface area contributed by atoms with Crippen LogP contribution in [0.25, 0.3) is 0 Å². The van der Waals surface area contributed by atoms with E-state index in [-0.39, 0.29) is 24.6 Å². The molecule has 1 amide bonds. The number of halogens is 1. The maximum absolute atomic E-state index is 11.5. The second kappa shape index (κ2) is 8.27. The maximum atomic E-state index is 11.5. The zero-order valence-corrected chi connectivity index (χ0v) is 13.9. The molecular formula is C15H23BrN2O2. The molecule has 0 aliphatic rings. The topological polar surface area (TPSA) is 64.3 Å². The summed E-state index contributed by atoms with van der Waals surface area (Å²) in [4.78, 5) is 11.5. The Bertz CT molecular complexity index is 449. The SMILES string of the molecule is CCC(N)Cc1cc(OCC(=O)NC(C)C)ccc1Br. The first-order valence-electron chi connectivity index (χ1n) is 6.88. The van der Waals surface area contributed by atoms with E-state index >= 15 is 0 Å². The lowest BCUT2D eigenvalue weighted by Gasteiger charge is -2.13. The largest absolute Gasteiger partial charge is 0.484 e. The highest BCUT2D eigenvalue weighted by Gasteiger charge is 2.09. The molecule has 1 atom stereocenters. The fraction of sp³-hybridized carbons (Fsp3) is 0.533. The van der Waals surface area contributed by atoms with Crippen LogP contribution in [0.2, 0.25) is 0 Å². The molecule has 0 aliphatic carbocycles. The number of nitrogens with one attached hydrogen (secondary N) is 1. The molecule has 0 aromatic heterocycles. The van der Waals surface area contributed by atoms with E-state index in [1.54, 1.807) is 0 Å². The summed E-state index contributed by atoms with van der Waals surface area (Å²) in [5.74, 6) is 0.570. The highest BCUT2D eigenvalue weighted by Crippen LogP contribution is 2.24.